The molecule has 0 radical (unpaired) electrons. The number of aryl methyl sites for hydroxylation is 2. The lowest BCUT2D eigenvalue weighted by atomic mass is 10.1. The Bertz CT molecular complexity index is 377. The maximum Gasteiger partial charge on any atom is 0.132 e. The van der Waals surface area contributed by atoms with E-state index in [1.54, 1.807) is 7.11 Å². The summed E-state index contributed by atoms with van der Waals surface area (Å²) in [5.41, 5.74) is 1.80. The van der Waals surface area contributed by atoms with Crippen molar-refractivity contribution in [1.29, 1.82) is 0 Å². The lowest BCUT2D eigenvalue weighted by molar-refractivity contribution is 0.202. The number of hydrogen-bond donors (Lipinski definition) is 1. The number of rotatable bonds is 7. The van der Waals surface area contributed by atoms with E-state index in [-0.39, 0.29) is 6.61 Å². The number of ether oxygens (including phenoxy) is 1. The van der Waals surface area contributed by atoms with Crippen molar-refractivity contribution in [1.82, 2.24) is 9.78 Å². The van der Waals surface area contributed by atoms with Crippen LogP contribution >= 0.6 is 0 Å². The average molecular weight is 255 g/mol. The summed E-state index contributed by atoms with van der Waals surface area (Å²) in [6.07, 6.45) is 1.04. The standard InChI is InChI=1S/C13H25N3O2/c1-6-10(2)16(7-8-18-5)13-12(9-17)11(3)14-15(13)4/h10,17H,6-9H2,1-5H3. The van der Waals surface area contributed by atoms with E-state index in [0.717, 1.165) is 30.0 Å². The third-order valence-corrected chi connectivity index (χ3v) is 3.40. The fourth-order valence-corrected chi connectivity index (χ4v) is 2.18. The minimum Gasteiger partial charge on any atom is -0.391 e. The Kier molecular flexibility index (Phi) is 5.62. The average Bonchev–Trinajstić information content (AvgIpc) is 2.64. The van der Waals surface area contributed by atoms with Gasteiger partial charge in [-0.15, -0.1) is 0 Å². The van der Waals surface area contributed by atoms with Gasteiger partial charge in [0.2, 0.25) is 0 Å². The number of aliphatic hydroxyl groups excluding tert-OH is 1. The quantitative estimate of drug-likeness (QED) is 0.801. The molecule has 0 aromatic carbocycles. The van der Waals surface area contributed by atoms with Crippen LogP contribution in [0.25, 0.3) is 0 Å². The summed E-state index contributed by atoms with van der Waals surface area (Å²) in [4.78, 5) is 2.26. The Morgan fingerprint density at radius 2 is 2.17 bits per heavy atom. The summed E-state index contributed by atoms with van der Waals surface area (Å²) in [6.45, 7) is 7.76. The number of anilines is 1. The predicted octanol–water partition coefficient (Wildman–Crippen LogP) is 1.47. The van der Waals surface area contributed by atoms with Gasteiger partial charge in [0.05, 0.1) is 18.9 Å². The Morgan fingerprint density at radius 3 is 2.67 bits per heavy atom. The topological polar surface area (TPSA) is 50.5 Å². The molecule has 18 heavy (non-hydrogen) atoms. The molecule has 1 unspecified atom stereocenters. The fraction of sp³-hybridized carbons (Fsp3) is 0.769. The summed E-state index contributed by atoms with van der Waals surface area (Å²) < 4.78 is 7.02. The fourth-order valence-electron chi connectivity index (χ4n) is 2.18. The van der Waals surface area contributed by atoms with E-state index in [4.69, 9.17) is 4.74 Å². The van der Waals surface area contributed by atoms with Gasteiger partial charge in [-0.3, -0.25) is 4.68 Å². The molecule has 0 saturated carbocycles. The number of nitrogens with zero attached hydrogens (tertiary/aromatic N) is 3. The smallest absolute Gasteiger partial charge is 0.132 e. The molecule has 1 rings (SSSR count). The van der Waals surface area contributed by atoms with E-state index < -0.39 is 0 Å². The molecule has 0 saturated heterocycles. The Labute approximate surface area is 109 Å². The Morgan fingerprint density at radius 1 is 1.50 bits per heavy atom. The molecular formula is C13H25N3O2. The summed E-state index contributed by atoms with van der Waals surface area (Å²) in [5, 5.41) is 13.9. The first-order valence-corrected chi connectivity index (χ1v) is 6.45. The molecule has 104 valence electrons. The normalized spacial score (nSPS) is 12.8. The van der Waals surface area contributed by atoms with Crippen molar-refractivity contribution in [2.75, 3.05) is 25.2 Å². The molecule has 0 amide bonds. The molecule has 0 bridgehead atoms. The zero-order valence-electron chi connectivity index (χ0n) is 12.1. The molecule has 5 nitrogen and oxygen atoms in total. The van der Waals surface area contributed by atoms with Crippen LogP contribution in [0.1, 0.15) is 31.5 Å². The minimum atomic E-state index is 0.0227. The second-order valence-corrected chi connectivity index (χ2v) is 4.61. The monoisotopic (exact) mass is 255 g/mol. The maximum atomic E-state index is 9.53. The molecule has 0 aliphatic rings. The zero-order valence-corrected chi connectivity index (χ0v) is 12.1. The second kappa shape index (κ2) is 6.75. The van der Waals surface area contributed by atoms with Gasteiger partial charge in [-0.05, 0) is 20.3 Å². The molecule has 1 N–H and O–H groups in total. The van der Waals surface area contributed by atoms with Gasteiger partial charge in [0, 0.05) is 32.3 Å². The van der Waals surface area contributed by atoms with Crippen molar-refractivity contribution in [2.45, 2.75) is 39.8 Å². The molecule has 0 fully saturated rings. The van der Waals surface area contributed by atoms with Gasteiger partial charge in [-0.2, -0.15) is 5.10 Å². The first-order chi connectivity index (χ1) is 8.56. The largest absolute Gasteiger partial charge is 0.391 e. The number of methoxy groups -OCH3 is 1. The lowest BCUT2D eigenvalue weighted by Gasteiger charge is -2.31. The third-order valence-electron chi connectivity index (χ3n) is 3.40. The van der Waals surface area contributed by atoms with E-state index in [2.05, 4.69) is 23.8 Å². The molecule has 1 aromatic heterocycles. The lowest BCUT2D eigenvalue weighted by Crippen LogP contribution is -2.37. The number of aliphatic hydroxyl groups is 1. The van der Waals surface area contributed by atoms with Crippen molar-refractivity contribution in [3.63, 3.8) is 0 Å². The van der Waals surface area contributed by atoms with Gasteiger partial charge < -0.3 is 14.7 Å². The first-order valence-electron chi connectivity index (χ1n) is 6.45. The summed E-state index contributed by atoms with van der Waals surface area (Å²) in [7, 11) is 3.62. The molecule has 1 heterocycles. The van der Waals surface area contributed by atoms with Crippen LogP contribution in [0.5, 0.6) is 0 Å². The van der Waals surface area contributed by atoms with Crippen molar-refractivity contribution >= 4 is 5.82 Å². The summed E-state index contributed by atoms with van der Waals surface area (Å²) in [5.74, 6) is 1.00. The van der Waals surface area contributed by atoms with Crippen LogP contribution in [0.3, 0.4) is 0 Å². The highest BCUT2D eigenvalue weighted by Gasteiger charge is 2.21. The zero-order chi connectivity index (χ0) is 13.7. The van der Waals surface area contributed by atoms with Crippen LogP contribution in [-0.2, 0) is 18.4 Å². The molecule has 0 aliphatic carbocycles. The number of aromatic nitrogens is 2. The van der Waals surface area contributed by atoms with Gasteiger partial charge in [0.1, 0.15) is 5.82 Å². The van der Waals surface area contributed by atoms with E-state index in [0.29, 0.717) is 12.6 Å². The maximum absolute atomic E-state index is 9.53. The van der Waals surface area contributed by atoms with Crippen LogP contribution in [-0.4, -0.2) is 41.2 Å². The molecule has 0 aliphatic heterocycles. The summed E-state index contributed by atoms with van der Waals surface area (Å²) >= 11 is 0. The summed E-state index contributed by atoms with van der Waals surface area (Å²) in [6, 6.07) is 0.389. The second-order valence-electron chi connectivity index (χ2n) is 4.61. The van der Waals surface area contributed by atoms with Gasteiger partial charge in [0.25, 0.3) is 0 Å². The number of hydrogen-bond acceptors (Lipinski definition) is 4. The van der Waals surface area contributed by atoms with Crippen molar-refractivity contribution in [3.8, 4) is 0 Å². The third kappa shape index (κ3) is 3.03. The first kappa shape index (κ1) is 15.0. The molecule has 5 heteroatoms. The van der Waals surface area contributed by atoms with Gasteiger partial charge >= 0.3 is 0 Å². The highest BCUT2D eigenvalue weighted by molar-refractivity contribution is 5.50. The predicted molar refractivity (Wildman–Crippen MR) is 72.8 cm³/mol. The highest BCUT2D eigenvalue weighted by atomic mass is 16.5. The van der Waals surface area contributed by atoms with Gasteiger partial charge in [0.15, 0.2) is 0 Å². The van der Waals surface area contributed by atoms with Crippen molar-refractivity contribution < 1.29 is 9.84 Å². The molecule has 1 atom stereocenters. The van der Waals surface area contributed by atoms with Crippen LogP contribution < -0.4 is 4.90 Å². The van der Waals surface area contributed by atoms with Gasteiger partial charge in [-0.25, -0.2) is 0 Å². The molecule has 0 spiro atoms. The van der Waals surface area contributed by atoms with Gasteiger partial charge in [-0.1, -0.05) is 6.92 Å². The SMILES string of the molecule is CCC(C)N(CCOC)c1c(CO)c(C)nn1C. The van der Waals surface area contributed by atoms with Crippen LogP contribution in [0.15, 0.2) is 0 Å². The van der Waals surface area contributed by atoms with E-state index in [9.17, 15) is 5.11 Å². The Balaban J connectivity index is 3.11. The van der Waals surface area contributed by atoms with Crippen LogP contribution in [0.4, 0.5) is 5.82 Å². The van der Waals surface area contributed by atoms with Crippen molar-refractivity contribution in [3.05, 3.63) is 11.3 Å². The van der Waals surface area contributed by atoms with E-state index >= 15 is 0 Å². The van der Waals surface area contributed by atoms with E-state index in [1.165, 1.54) is 0 Å². The highest BCUT2D eigenvalue weighted by Crippen LogP contribution is 2.25. The van der Waals surface area contributed by atoms with Crippen molar-refractivity contribution in [2.24, 2.45) is 7.05 Å². The van der Waals surface area contributed by atoms with Crippen LogP contribution in [0.2, 0.25) is 0 Å². The Hall–Kier alpha value is -1.07. The van der Waals surface area contributed by atoms with Crippen LogP contribution in [0, 0.1) is 6.92 Å². The molecule has 1 aromatic rings. The minimum absolute atomic E-state index is 0.0227. The molecular weight excluding hydrogens is 230 g/mol. The van der Waals surface area contributed by atoms with E-state index in [1.807, 2.05) is 18.7 Å².